The number of Topliss-reactive ketones (excluding diaryl/α,β-unsaturated/α-hetero) is 1. The van der Waals surface area contributed by atoms with E-state index in [9.17, 15) is 4.79 Å². The second-order valence-corrected chi connectivity index (χ2v) is 5.75. The topological polar surface area (TPSA) is 26.3 Å². The number of carbonyl (C=O) groups excluding carboxylic acids is 1. The number of fused-ring (bicyclic) bond motifs is 1. The van der Waals surface area contributed by atoms with Crippen molar-refractivity contribution in [2.45, 2.75) is 32.3 Å². The van der Waals surface area contributed by atoms with E-state index in [0.29, 0.717) is 6.42 Å². The number of ketones is 1. The predicted octanol–water partition coefficient (Wildman–Crippen LogP) is -0.309. The Morgan fingerprint density at radius 1 is 1.47 bits per heavy atom. The number of benzene rings is 1. The van der Waals surface area contributed by atoms with E-state index < -0.39 is 0 Å². The molecular weight excluding hydrogens is 303 g/mol. The second kappa shape index (κ2) is 5.07. The van der Waals surface area contributed by atoms with Gasteiger partial charge in [-0.2, -0.15) is 0 Å². The molecule has 15 heavy (non-hydrogen) atoms. The Balaban J connectivity index is 2.10. The maximum atomic E-state index is 11.9. The molecule has 1 aromatic carbocycles. The second-order valence-electron chi connectivity index (χ2n) is 3.64. The van der Waals surface area contributed by atoms with Gasteiger partial charge in [0.25, 0.3) is 0 Å². The van der Waals surface area contributed by atoms with Crippen molar-refractivity contribution in [3.05, 3.63) is 33.4 Å². The first-order valence-corrected chi connectivity index (χ1v) is 7.21. The maximum absolute atomic E-state index is 11.9. The SMILES string of the molecule is CCCCC(=O)C1O[I-]c2ccccc21. The Hall–Kier alpha value is -0.420. The van der Waals surface area contributed by atoms with Gasteiger partial charge in [0.1, 0.15) is 0 Å². The molecule has 1 aliphatic heterocycles. The van der Waals surface area contributed by atoms with Gasteiger partial charge in [-0.05, 0) is 0 Å². The first-order chi connectivity index (χ1) is 7.33. The van der Waals surface area contributed by atoms with Crippen LogP contribution in [0.1, 0.15) is 37.9 Å². The van der Waals surface area contributed by atoms with E-state index in [1.54, 1.807) is 0 Å². The van der Waals surface area contributed by atoms with Crippen molar-refractivity contribution in [3.8, 4) is 0 Å². The third-order valence-corrected chi connectivity index (χ3v) is 4.69. The first-order valence-electron chi connectivity index (χ1n) is 5.25. The van der Waals surface area contributed by atoms with E-state index >= 15 is 0 Å². The summed E-state index contributed by atoms with van der Waals surface area (Å²) in [4.78, 5) is 11.9. The number of halogens is 1. The van der Waals surface area contributed by atoms with Crippen LogP contribution >= 0.6 is 0 Å². The number of carbonyl (C=O) groups is 1. The van der Waals surface area contributed by atoms with Crippen LogP contribution in [0.2, 0.25) is 0 Å². The van der Waals surface area contributed by atoms with Crippen LogP contribution in [0, 0.1) is 3.57 Å². The van der Waals surface area contributed by atoms with Crippen molar-refractivity contribution < 1.29 is 29.5 Å². The number of hydrogen-bond acceptors (Lipinski definition) is 2. The van der Waals surface area contributed by atoms with Crippen LogP contribution in [-0.4, -0.2) is 5.78 Å². The minimum absolute atomic E-state index is 0.249. The monoisotopic (exact) mass is 317 g/mol. The zero-order valence-corrected chi connectivity index (χ0v) is 10.9. The summed E-state index contributed by atoms with van der Waals surface area (Å²) in [5.74, 6) is 0.251. The summed E-state index contributed by atoms with van der Waals surface area (Å²) in [5.41, 5.74) is 1.12. The summed E-state index contributed by atoms with van der Waals surface area (Å²) in [5, 5.41) is 0. The van der Waals surface area contributed by atoms with Crippen molar-refractivity contribution in [1.82, 2.24) is 0 Å². The quantitative estimate of drug-likeness (QED) is 0.712. The number of unbranched alkanes of at least 4 members (excludes halogenated alkanes) is 1. The summed E-state index contributed by atoms with van der Waals surface area (Å²) in [6.07, 6.45) is 2.44. The van der Waals surface area contributed by atoms with Gasteiger partial charge < -0.3 is 0 Å². The minimum atomic E-state index is -0.388. The van der Waals surface area contributed by atoms with Gasteiger partial charge in [-0.1, -0.05) is 0 Å². The zero-order chi connectivity index (χ0) is 10.7. The van der Waals surface area contributed by atoms with Crippen LogP contribution in [0.3, 0.4) is 0 Å². The van der Waals surface area contributed by atoms with Gasteiger partial charge in [0.15, 0.2) is 0 Å². The predicted molar refractivity (Wildman–Crippen MR) is 53.5 cm³/mol. The van der Waals surface area contributed by atoms with Gasteiger partial charge in [0, 0.05) is 0 Å². The molecule has 2 nitrogen and oxygen atoms in total. The van der Waals surface area contributed by atoms with Crippen molar-refractivity contribution in [2.75, 3.05) is 0 Å². The zero-order valence-electron chi connectivity index (χ0n) is 8.70. The third kappa shape index (κ3) is 2.39. The molecule has 2 rings (SSSR count). The molecule has 1 atom stereocenters. The Labute approximate surface area is 101 Å². The average molecular weight is 317 g/mol. The van der Waals surface area contributed by atoms with Crippen LogP contribution in [0.5, 0.6) is 0 Å². The van der Waals surface area contributed by atoms with Gasteiger partial charge >= 0.3 is 101 Å². The molecule has 0 fully saturated rings. The van der Waals surface area contributed by atoms with E-state index in [1.807, 2.05) is 18.2 Å². The number of hydrogen-bond donors (Lipinski definition) is 0. The van der Waals surface area contributed by atoms with Crippen LogP contribution in [0.4, 0.5) is 0 Å². The molecule has 1 aliphatic rings. The van der Waals surface area contributed by atoms with E-state index in [4.69, 9.17) is 3.07 Å². The fraction of sp³-hybridized carbons (Fsp3) is 0.417. The summed E-state index contributed by atoms with van der Waals surface area (Å²) in [7, 11) is 0. The Bertz CT molecular complexity index is 362. The molecule has 0 aliphatic carbocycles. The first kappa shape index (κ1) is 11.1. The Morgan fingerprint density at radius 2 is 2.27 bits per heavy atom. The molecule has 0 radical (unpaired) electrons. The van der Waals surface area contributed by atoms with Gasteiger partial charge in [-0.25, -0.2) is 0 Å². The van der Waals surface area contributed by atoms with E-state index in [2.05, 4.69) is 13.0 Å². The summed E-state index contributed by atoms with van der Waals surface area (Å²) in [6.45, 7) is 2.10. The van der Waals surface area contributed by atoms with Crippen LogP contribution in [-0.2, 0) is 7.86 Å². The van der Waals surface area contributed by atoms with Crippen molar-refractivity contribution in [2.24, 2.45) is 0 Å². The standard InChI is InChI=1S/C12H14IO2/c1-2-3-8-11(14)12-9-6-4-5-7-10(9)13-15-12/h4-7,12H,2-3,8H2,1H3/q-1. The van der Waals surface area contributed by atoms with E-state index in [-0.39, 0.29) is 33.5 Å². The fourth-order valence-electron chi connectivity index (χ4n) is 1.60. The Kier molecular flexibility index (Phi) is 3.75. The Morgan fingerprint density at radius 3 is 3.07 bits per heavy atom. The molecule has 1 aromatic rings. The van der Waals surface area contributed by atoms with E-state index in [1.165, 1.54) is 3.57 Å². The summed E-state index contributed by atoms with van der Waals surface area (Å²) < 4.78 is 6.91. The van der Waals surface area contributed by atoms with Crippen LogP contribution in [0.15, 0.2) is 24.3 Å². The number of rotatable bonds is 4. The average Bonchev–Trinajstić information content (AvgIpc) is 2.69. The molecule has 1 unspecified atom stereocenters. The van der Waals surface area contributed by atoms with Crippen molar-refractivity contribution in [3.63, 3.8) is 0 Å². The van der Waals surface area contributed by atoms with Crippen molar-refractivity contribution in [1.29, 1.82) is 0 Å². The van der Waals surface area contributed by atoms with Gasteiger partial charge in [-0.3, -0.25) is 0 Å². The molecule has 0 N–H and O–H groups in total. The van der Waals surface area contributed by atoms with Gasteiger partial charge in [0.05, 0.1) is 0 Å². The normalized spacial score (nSPS) is 19.4. The van der Waals surface area contributed by atoms with Crippen LogP contribution in [0.25, 0.3) is 0 Å². The van der Waals surface area contributed by atoms with Crippen LogP contribution < -0.4 is 21.6 Å². The molecule has 0 aromatic heterocycles. The molecule has 0 bridgehead atoms. The third-order valence-electron chi connectivity index (χ3n) is 2.47. The molecule has 0 saturated heterocycles. The molecule has 0 spiro atoms. The molecule has 1 heterocycles. The molecule has 0 saturated carbocycles. The fourth-order valence-corrected chi connectivity index (χ4v) is 3.76. The molecule has 0 amide bonds. The molecule has 82 valence electrons. The molecule has 3 heteroatoms. The van der Waals surface area contributed by atoms with Gasteiger partial charge in [0.2, 0.25) is 0 Å². The van der Waals surface area contributed by atoms with Gasteiger partial charge in [-0.15, -0.1) is 0 Å². The van der Waals surface area contributed by atoms with Crippen molar-refractivity contribution >= 4 is 5.78 Å². The van der Waals surface area contributed by atoms with E-state index in [0.717, 1.165) is 18.4 Å². The summed E-state index contributed by atoms with van der Waals surface area (Å²) >= 11 is -0.388. The molecular formula is C12H14IO2-. The summed E-state index contributed by atoms with van der Waals surface area (Å²) in [6, 6.07) is 8.10.